The number of thiophene rings is 1. The van der Waals surface area contributed by atoms with E-state index in [1.165, 1.54) is 18.3 Å². The normalized spacial score (nSPS) is 11.9. The van der Waals surface area contributed by atoms with Crippen molar-refractivity contribution >= 4 is 22.9 Å². The minimum atomic E-state index is -0.572. The number of hydrogen-bond acceptors (Lipinski definition) is 5. The van der Waals surface area contributed by atoms with E-state index < -0.39 is 10.5 Å². The summed E-state index contributed by atoms with van der Waals surface area (Å²) in [5, 5.41) is 15.6. The van der Waals surface area contributed by atoms with Crippen LogP contribution in [0.25, 0.3) is 0 Å². The SMILES string of the molecule is Cc1cc(=O)n(CC(=O)N[C@H](C)c2cccs2)cc1[N+](=O)[O-]. The van der Waals surface area contributed by atoms with Crippen LogP contribution in [0, 0.1) is 17.0 Å². The molecule has 2 rings (SSSR count). The molecule has 1 atom stereocenters. The highest BCUT2D eigenvalue weighted by Gasteiger charge is 2.16. The summed E-state index contributed by atoms with van der Waals surface area (Å²) in [6.45, 7) is 3.07. The maximum absolute atomic E-state index is 12.0. The summed E-state index contributed by atoms with van der Waals surface area (Å²) in [5.74, 6) is -0.374. The lowest BCUT2D eigenvalue weighted by molar-refractivity contribution is -0.385. The first-order valence-corrected chi connectivity index (χ1v) is 7.44. The van der Waals surface area contributed by atoms with E-state index in [0.717, 1.165) is 21.7 Å². The largest absolute Gasteiger partial charge is 0.347 e. The molecule has 0 fully saturated rings. The van der Waals surface area contributed by atoms with Gasteiger partial charge in [-0.2, -0.15) is 0 Å². The Morgan fingerprint density at radius 3 is 2.86 bits per heavy atom. The van der Waals surface area contributed by atoms with Gasteiger partial charge in [0.2, 0.25) is 5.91 Å². The van der Waals surface area contributed by atoms with Gasteiger partial charge in [-0.15, -0.1) is 11.3 Å². The van der Waals surface area contributed by atoms with Gasteiger partial charge in [-0.3, -0.25) is 24.3 Å². The topological polar surface area (TPSA) is 94.2 Å². The number of nitrogens with one attached hydrogen (secondary N) is 1. The van der Waals surface area contributed by atoms with Crippen molar-refractivity contribution in [1.82, 2.24) is 9.88 Å². The van der Waals surface area contributed by atoms with Gasteiger partial charge < -0.3 is 5.32 Å². The van der Waals surface area contributed by atoms with Crippen LogP contribution in [0.3, 0.4) is 0 Å². The Morgan fingerprint density at radius 1 is 1.55 bits per heavy atom. The van der Waals surface area contributed by atoms with Crippen molar-refractivity contribution in [1.29, 1.82) is 0 Å². The van der Waals surface area contributed by atoms with Gasteiger partial charge in [0, 0.05) is 16.5 Å². The molecule has 0 saturated heterocycles. The predicted molar refractivity (Wildman–Crippen MR) is 83.0 cm³/mol. The summed E-state index contributed by atoms with van der Waals surface area (Å²) in [6.07, 6.45) is 1.10. The Balaban J connectivity index is 2.13. The predicted octanol–water partition coefficient (Wildman–Crippen LogP) is 2.00. The highest BCUT2D eigenvalue weighted by Crippen LogP contribution is 2.18. The molecule has 1 amide bonds. The van der Waals surface area contributed by atoms with E-state index in [1.54, 1.807) is 0 Å². The molecular weight excluding hydrogens is 306 g/mol. The molecule has 0 radical (unpaired) electrons. The summed E-state index contributed by atoms with van der Waals surface area (Å²) in [4.78, 5) is 35.1. The van der Waals surface area contributed by atoms with Crippen LogP contribution in [0.15, 0.2) is 34.6 Å². The van der Waals surface area contributed by atoms with Crippen LogP contribution in [-0.4, -0.2) is 15.4 Å². The molecule has 0 aliphatic rings. The second-order valence-electron chi connectivity index (χ2n) is 4.87. The molecule has 2 aromatic rings. The molecule has 0 aliphatic heterocycles. The quantitative estimate of drug-likeness (QED) is 0.673. The smallest absolute Gasteiger partial charge is 0.288 e. The van der Waals surface area contributed by atoms with E-state index >= 15 is 0 Å². The second kappa shape index (κ2) is 6.52. The molecule has 8 heteroatoms. The summed E-state index contributed by atoms with van der Waals surface area (Å²) < 4.78 is 1.04. The van der Waals surface area contributed by atoms with Crippen LogP contribution in [0.5, 0.6) is 0 Å². The van der Waals surface area contributed by atoms with Crippen molar-refractivity contribution in [3.05, 3.63) is 60.7 Å². The zero-order chi connectivity index (χ0) is 16.3. The zero-order valence-electron chi connectivity index (χ0n) is 12.1. The van der Waals surface area contributed by atoms with Crippen molar-refractivity contribution in [3.8, 4) is 0 Å². The van der Waals surface area contributed by atoms with Gasteiger partial charge in [-0.1, -0.05) is 6.07 Å². The van der Waals surface area contributed by atoms with Gasteiger partial charge in [0.25, 0.3) is 11.2 Å². The highest BCUT2D eigenvalue weighted by molar-refractivity contribution is 7.10. The fourth-order valence-corrected chi connectivity index (χ4v) is 2.75. The Kier molecular flexibility index (Phi) is 4.71. The number of aryl methyl sites for hydroxylation is 1. The molecule has 0 aromatic carbocycles. The van der Waals surface area contributed by atoms with E-state index in [4.69, 9.17) is 0 Å². The lowest BCUT2D eigenvalue weighted by Gasteiger charge is -2.13. The number of carbonyl (C=O) groups is 1. The van der Waals surface area contributed by atoms with E-state index in [1.807, 2.05) is 24.4 Å². The van der Waals surface area contributed by atoms with Crippen molar-refractivity contribution in [3.63, 3.8) is 0 Å². The third-order valence-corrected chi connectivity index (χ3v) is 4.22. The average Bonchev–Trinajstić information content (AvgIpc) is 2.95. The van der Waals surface area contributed by atoms with Crippen molar-refractivity contribution in [2.24, 2.45) is 0 Å². The van der Waals surface area contributed by atoms with E-state index in [0.29, 0.717) is 0 Å². The second-order valence-corrected chi connectivity index (χ2v) is 5.85. The molecule has 0 bridgehead atoms. The number of rotatable bonds is 5. The lowest BCUT2D eigenvalue weighted by Crippen LogP contribution is -2.33. The average molecular weight is 321 g/mol. The molecule has 2 aromatic heterocycles. The first-order valence-electron chi connectivity index (χ1n) is 6.56. The zero-order valence-corrected chi connectivity index (χ0v) is 12.9. The first-order chi connectivity index (χ1) is 10.4. The Morgan fingerprint density at radius 2 is 2.27 bits per heavy atom. The lowest BCUT2D eigenvalue weighted by atomic mass is 10.2. The molecule has 1 N–H and O–H groups in total. The maximum atomic E-state index is 12.0. The summed E-state index contributed by atoms with van der Waals surface area (Å²) in [5.41, 5.74) is -0.348. The number of aromatic nitrogens is 1. The number of pyridine rings is 1. The van der Waals surface area contributed by atoms with E-state index in [9.17, 15) is 19.7 Å². The number of nitrogens with zero attached hydrogens (tertiary/aromatic N) is 2. The highest BCUT2D eigenvalue weighted by atomic mass is 32.1. The number of hydrogen-bond donors (Lipinski definition) is 1. The van der Waals surface area contributed by atoms with Gasteiger partial charge in [-0.25, -0.2) is 0 Å². The summed E-state index contributed by atoms with van der Waals surface area (Å²) >= 11 is 1.52. The molecule has 7 nitrogen and oxygen atoms in total. The van der Waals surface area contributed by atoms with E-state index in [-0.39, 0.29) is 29.7 Å². The van der Waals surface area contributed by atoms with Gasteiger partial charge in [0.05, 0.1) is 17.2 Å². The molecule has 0 saturated carbocycles. The van der Waals surface area contributed by atoms with Gasteiger partial charge in [0.1, 0.15) is 6.54 Å². The molecule has 0 unspecified atom stereocenters. The van der Waals surface area contributed by atoms with Crippen LogP contribution in [0.4, 0.5) is 5.69 Å². The molecule has 0 aliphatic carbocycles. The monoisotopic (exact) mass is 321 g/mol. The fraction of sp³-hybridized carbons (Fsp3) is 0.286. The van der Waals surface area contributed by atoms with Gasteiger partial charge in [0.15, 0.2) is 0 Å². The third kappa shape index (κ3) is 3.59. The number of carbonyl (C=O) groups excluding carboxylic acids is 1. The van der Waals surface area contributed by atoms with Crippen LogP contribution >= 0.6 is 11.3 Å². The molecular formula is C14H15N3O4S. The molecule has 116 valence electrons. The maximum Gasteiger partial charge on any atom is 0.288 e. The fourth-order valence-electron chi connectivity index (χ4n) is 2.02. The number of amides is 1. The first kappa shape index (κ1) is 15.9. The minimum absolute atomic E-state index is 0.177. The molecule has 2 heterocycles. The third-order valence-electron chi connectivity index (χ3n) is 3.16. The standard InChI is InChI=1S/C14H15N3O4S/c1-9-6-14(19)16(7-11(9)17(20)21)8-13(18)15-10(2)12-4-3-5-22-12/h3-7,10H,8H2,1-2H3,(H,15,18)/t10-/m1/s1. The van der Waals surface area contributed by atoms with E-state index in [2.05, 4.69) is 5.32 Å². The van der Waals surface area contributed by atoms with Crippen molar-refractivity contribution < 1.29 is 9.72 Å². The Labute approximate surface area is 130 Å². The minimum Gasteiger partial charge on any atom is -0.347 e. The Bertz CT molecular complexity index is 752. The van der Waals surface area contributed by atoms with Crippen LogP contribution in [-0.2, 0) is 11.3 Å². The van der Waals surface area contributed by atoms with Crippen LogP contribution in [0.2, 0.25) is 0 Å². The van der Waals surface area contributed by atoms with Crippen LogP contribution < -0.4 is 10.9 Å². The summed E-state index contributed by atoms with van der Waals surface area (Å²) in [6, 6.07) is 4.77. The van der Waals surface area contributed by atoms with Crippen molar-refractivity contribution in [2.75, 3.05) is 0 Å². The number of nitro groups is 1. The molecule has 0 spiro atoms. The van der Waals surface area contributed by atoms with Crippen LogP contribution in [0.1, 0.15) is 23.4 Å². The van der Waals surface area contributed by atoms with Crippen molar-refractivity contribution in [2.45, 2.75) is 26.4 Å². The van der Waals surface area contributed by atoms with Gasteiger partial charge >= 0.3 is 0 Å². The Hall–Kier alpha value is -2.48. The summed E-state index contributed by atoms with van der Waals surface area (Å²) in [7, 11) is 0. The molecule has 22 heavy (non-hydrogen) atoms. The van der Waals surface area contributed by atoms with Gasteiger partial charge in [-0.05, 0) is 25.3 Å².